The molecule has 1 fully saturated rings. The van der Waals surface area contributed by atoms with E-state index in [1.165, 1.54) is 18.4 Å². The van der Waals surface area contributed by atoms with Crippen LogP contribution in [-0.2, 0) is 6.54 Å². The molecule has 0 aromatic heterocycles. The highest BCUT2D eigenvalue weighted by molar-refractivity contribution is 9.10. The molecule has 0 bridgehead atoms. The van der Waals surface area contributed by atoms with E-state index in [9.17, 15) is 0 Å². The molecule has 0 N–H and O–H groups in total. The van der Waals surface area contributed by atoms with Crippen molar-refractivity contribution in [2.45, 2.75) is 39.2 Å². The maximum atomic E-state index is 8.71. The lowest BCUT2D eigenvalue weighted by Crippen LogP contribution is -2.46. The molecule has 0 amide bonds. The van der Waals surface area contributed by atoms with Gasteiger partial charge in [-0.3, -0.25) is 9.80 Å². The second kappa shape index (κ2) is 11.4. The number of halogens is 1. The van der Waals surface area contributed by atoms with Crippen molar-refractivity contribution < 1.29 is 9.47 Å². The minimum atomic E-state index is 0.615. The van der Waals surface area contributed by atoms with Gasteiger partial charge < -0.3 is 9.47 Å². The van der Waals surface area contributed by atoms with Gasteiger partial charge in [-0.25, -0.2) is 0 Å². The van der Waals surface area contributed by atoms with Crippen LogP contribution in [0.3, 0.4) is 0 Å². The molecule has 26 heavy (non-hydrogen) atoms. The summed E-state index contributed by atoms with van der Waals surface area (Å²) in [5.74, 6) is 1.59. The largest absolute Gasteiger partial charge is 0.493 e. The molecule has 1 aromatic rings. The van der Waals surface area contributed by atoms with E-state index in [2.05, 4.69) is 50.9 Å². The Bertz CT molecular complexity index is 595. The van der Waals surface area contributed by atoms with Gasteiger partial charge in [-0.1, -0.05) is 19.8 Å². The van der Waals surface area contributed by atoms with Crippen LogP contribution in [0.1, 0.15) is 38.2 Å². The van der Waals surface area contributed by atoms with Crippen LogP contribution in [-0.4, -0.2) is 56.2 Å². The Morgan fingerprint density at radius 3 is 2.54 bits per heavy atom. The Morgan fingerprint density at radius 1 is 1.15 bits per heavy atom. The number of nitrogens with zero attached hydrogens (tertiary/aromatic N) is 3. The molecule has 1 aliphatic heterocycles. The van der Waals surface area contributed by atoms with Gasteiger partial charge in [-0.2, -0.15) is 5.26 Å². The fourth-order valence-corrected chi connectivity index (χ4v) is 3.77. The zero-order valence-electron chi connectivity index (χ0n) is 16.0. The van der Waals surface area contributed by atoms with Gasteiger partial charge in [0.15, 0.2) is 11.5 Å². The van der Waals surface area contributed by atoms with Gasteiger partial charge in [0.1, 0.15) is 0 Å². The van der Waals surface area contributed by atoms with Crippen LogP contribution in [0.4, 0.5) is 0 Å². The third kappa shape index (κ3) is 6.46. The Kier molecular flexibility index (Phi) is 9.24. The van der Waals surface area contributed by atoms with Crippen molar-refractivity contribution in [1.29, 1.82) is 5.26 Å². The molecule has 0 radical (unpaired) electrons. The van der Waals surface area contributed by atoms with Crippen molar-refractivity contribution in [2.24, 2.45) is 0 Å². The third-order valence-electron chi connectivity index (χ3n) is 4.69. The number of unbranched alkanes of at least 4 members (excludes halogenated alkanes) is 2. The van der Waals surface area contributed by atoms with E-state index in [4.69, 9.17) is 14.7 Å². The van der Waals surface area contributed by atoms with Crippen molar-refractivity contribution >= 4 is 15.9 Å². The molecule has 0 saturated carbocycles. The molecule has 1 heterocycles. The molecule has 5 nitrogen and oxygen atoms in total. The molecule has 1 saturated heterocycles. The number of nitriles is 1. The van der Waals surface area contributed by atoms with Gasteiger partial charge in [0.05, 0.1) is 24.3 Å². The van der Waals surface area contributed by atoms with Gasteiger partial charge >= 0.3 is 0 Å². The van der Waals surface area contributed by atoms with Crippen LogP contribution in [0.15, 0.2) is 16.6 Å². The first kappa shape index (κ1) is 21.0. The number of methoxy groups -OCH3 is 1. The highest BCUT2D eigenvalue weighted by Crippen LogP contribution is 2.37. The van der Waals surface area contributed by atoms with Crippen LogP contribution in [0, 0.1) is 11.3 Å². The summed E-state index contributed by atoms with van der Waals surface area (Å²) in [5.41, 5.74) is 1.22. The maximum absolute atomic E-state index is 8.71. The summed E-state index contributed by atoms with van der Waals surface area (Å²) in [6.07, 6.45) is 4.04. The molecule has 0 aliphatic carbocycles. The number of rotatable bonds is 10. The molecule has 1 aromatic carbocycles. The summed E-state index contributed by atoms with van der Waals surface area (Å²) in [5, 5.41) is 8.71. The van der Waals surface area contributed by atoms with Crippen molar-refractivity contribution in [3.05, 3.63) is 22.2 Å². The summed E-state index contributed by atoms with van der Waals surface area (Å²) >= 11 is 3.65. The standard InChI is InChI=1S/C20H30BrN3O2/c1-3-4-5-13-26-20-18(21)14-17(15-19(20)25-2)16-24-11-9-23(10-12-24)8-6-7-22/h14-15H,3-6,8-13,16H2,1-2H3. The average Bonchev–Trinajstić information content (AvgIpc) is 2.65. The summed E-state index contributed by atoms with van der Waals surface area (Å²) in [6, 6.07) is 6.45. The van der Waals surface area contributed by atoms with Gasteiger partial charge in [-0.05, 0) is 40.0 Å². The molecule has 6 heteroatoms. The monoisotopic (exact) mass is 423 g/mol. The van der Waals surface area contributed by atoms with E-state index < -0.39 is 0 Å². The minimum Gasteiger partial charge on any atom is -0.493 e. The zero-order chi connectivity index (χ0) is 18.8. The molecule has 0 unspecified atom stereocenters. The first-order valence-corrected chi connectivity index (χ1v) is 10.3. The Morgan fingerprint density at radius 2 is 1.88 bits per heavy atom. The van der Waals surface area contributed by atoms with Crippen LogP contribution in [0.5, 0.6) is 11.5 Å². The van der Waals surface area contributed by atoms with E-state index in [0.29, 0.717) is 13.0 Å². The zero-order valence-corrected chi connectivity index (χ0v) is 17.6. The highest BCUT2D eigenvalue weighted by Gasteiger charge is 2.18. The van der Waals surface area contributed by atoms with Gasteiger partial charge in [0.25, 0.3) is 0 Å². The number of piperazine rings is 1. The predicted molar refractivity (Wildman–Crippen MR) is 108 cm³/mol. The van der Waals surface area contributed by atoms with E-state index >= 15 is 0 Å². The smallest absolute Gasteiger partial charge is 0.175 e. The van der Waals surface area contributed by atoms with Crippen LogP contribution < -0.4 is 9.47 Å². The topological polar surface area (TPSA) is 48.7 Å². The van der Waals surface area contributed by atoms with Crippen molar-refractivity contribution in [1.82, 2.24) is 9.80 Å². The van der Waals surface area contributed by atoms with E-state index in [1.54, 1.807) is 7.11 Å². The quantitative estimate of drug-likeness (QED) is 0.531. The lowest BCUT2D eigenvalue weighted by molar-refractivity contribution is 0.129. The first-order chi connectivity index (χ1) is 12.7. The third-order valence-corrected chi connectivity index (χ3v) is 5.28. The van der Waals surface area contributed by atoms with Gasteiger partial charge in [0, 0.05) is 45.7 Å². The van der Waals surface area contributed by atoms with Crippen LogP contribution >= 0.6 is 15.9 Å². The molecular formula is C20H30BrN3O2. The number of ether oxygens (including phenoxy) is 2. The fraction of sp³-hybridized carbons (Fsp3) is 0.650. The Labute approximate surface area is 166 Å². The number of hydrogen-bond acceptors (Lipinski definition) is 5. The number of benzene rings is 1. The SMILES string of the molecule is CCCCCOc1c(Br)cc(CN2CCN(CCC#N)CC2)cc1OC. The summed E-state index contributed by atoms with van der Waals surface area (Å²) in [7, 11) is 1.69. The number of hydrogen-bond donors (Lipinski definition) is 0. The average molecular weight is 424 g/mol. The molecule has 0 spiro atoms. The lowest BCUT2D eigenvalue weighted by Gasteiger charge is -2.34. The summed E-state index contributed by atoms with van der Waals surface area (Å²) < 4.78 is 12.5. The predicted octanol–water partition coefficient (Wildman–Crippen LogP) is 4.06. The van der Waals surface area contributed by atoms with E-state index in [0.717, 1.165) is 61.7 Å². The fourth-order valence-electron chi connectivity index (χ4n) is 3.17. The molecular weight excluding hydrogens is 394 g/mol. The van der Waals surface area contributed by atoms with Crippen molar-refractivity contribution in [3.8, 4) is 17.6 Å². The molecule has 2 rings (SSSR count). The maximum Gasteiger partial charge on any atom is 0.175 e. The highest BCUT2D eigenvalue weighted by atomic mass is 79.9. The second-order valence-electron chi connectivity index (χ2n) is 6.69. The van der Waals surface area contributed by atoms with Crippen molar-refractivity contribution in [3.63, 3.8) is 0 Å². The van der Waals surface area contributed by atoms with Gasteiger partial charge in [0.2, 0.25) is 0 Å². The van der Waals surface area contributed by atoms with Crippen molar-refractivity contribution in [2.75, 3.05) is 46.4 Å². The normalized spacial score (nSPS) is 15.6. The van der Waals surface area contributed by atoms with Gasteiger partial charge in [-0.15, -0.1) is 0 Å². The Hall–Kier alpha value is -1.29. The summed E-state index contributed by atoms with van der Waals surface area (Å²) in [6.45, 7) is 8.80. The molecule has 0 atom stereocenters. The van der Waals surface area contributed by atoms with Crippen LogP contribution in [0.25, 0.3) is 0 Å². The molecule has 1 aliphatic rings. The van der Waals surface area contributed by atoms with E-state index in [1.807, 2.05) is 0 Å². The lowest BCUT2D eigenvalue weighted by atomic mass is 10.1. The summed E-state index contributed by atoms with van der Waals surface area (Å²) in [4.78, 5) is 4.81. The minimum absolute atomic E-state index is 0.615. The van der Waals surface area contributed by atoms with Crippen LogP contribution in [0.2, 0.25) is 0 Å². The molecule has 144 valence electrons. The second-order valence-corrected chi connectivity index (χ2v) is 7.54. The Balaban J connectivity index is 1.92. The first-order valence-electron chi connectivity index (χ1n) is 9.48. The van der Waals surface area contributed by atoms with E-state index in [-0.39, 0.29) is 0 Å².